The van der Waals surface area contributed by atoms with Gasteiger partial charge in [0.15, 0.2) is 11.5 Å². The number of halogens is 3. The van der Waals surface area contributed by atoms with Crippen molar-refractivity contribution in [3.8, 4) is 11.5 Å². The Hall–Kier alpha value is -3.01. The Bertz CT molecular complexity index is 1340. The summed E-state index contributed by atoms with van der Waals surface area (Å²) < 4.78 is 53.1. The molecule has 7 nitrogen and oxygen atoms in total. The van der Waals surface area contributed by atoms with Gasteiger partial charge >= 0.3 is 0 Å². The van der Waals surface area contributed by atoms with Gasteiger partial charge in [0.1, 0.15) is 11.9 Å². The number of rotatable bonds is 7. The molecule has 0 saturated carbocycles. The lowest BCUT2D eigenvalue weighted by atomic mass is 10.2. The van der Waals surface area contributed by atoms with Crippen LogP contribution in [0.4, 0.5) is 10.1 Å². The predicted octanol–water partition coefficient (Wildman–Crippen LogP) is 4.76. The Kier molecular flexibility index (Phi) is 6.88. The van der Waals surface area contributed by atoms with Gasteiger partial charge < -0.3 is 14.8 Å². The van der Waals surface area contributed by atoms with Gasteiger partial charge in [0.05, 0.1) is 10.6 Å². The summed E-state index contributed by atoms with van der Waals surface area (Å²) >= 11 is 11.9. The molecule has 0 fully saturated rings. The minimum absolute atomic E-state index is 0.0900. The number of fused-ring (bicyclic) bond motifs is 1. The SMILES string of the molecule is C[C@H](C(=O)NCc1ccc2c(c1)OCO2)N(c1cc(Cl)ccc1F)S(=O)(=O)c1ccc(Cl)cc1. The van der Waals surface area contributed by atoms with Crippen molar-refractivity contribution in [1.29, 1.82) is 0 Å². The van der Waals surface area contributed by atoms with Crippen LogP contribution in [0.15, 0.2) is 65.6 Å². The molecule has 0 aliphatic carbocycles. The van der Waals surface area contributed by atoms with Gasteiger partial charge in [0.2, 0.25) is 12.7 Å². The number of nitrogens with one attached hydrogen (secondary N) is 1. The molecule has 1 amide bonds. The molecule has 1 atom stereocenters. The van der Waals surface area contributed by atoms with E-state index in [0.717, 1.165) is 12.1 Å². The van der Waals surface area contributed by atoms with Crippen molar-refractivity contribution < 1.29 is 27.1 Å². The number of sulfonamides is 1. The van der Waals surface area contributed by atoms with E-state index < -0.39 is 27.8 Å². The standard InChI is InChI=1S/C23H19Cl2FN2O5S/c1-14(23(29)27-12-15-2-9-21-22(10-15)33-13-32-21)28(20-11-17(25)5-8-19(20)26)34(30,31)18-6-3-16(24)4-7-18/h2-11,14H,12-13H2,1H3,(H,27,29)/t14-/m1/s1. The highest BCUT2D eigenvalue weighted by Gasteiger charge is 2.35. The van der Waals surface area contributed by atoms with E-state index in [9.17, 15) is 17.6 Å². The summed E-state index contributed by atoms with van der Waals surface area (Å²) in [6.07, 6.45) is 0. The fraction of sp³-hybridized carbons (Fsp3) is 0.174. The third-order valence-electron chi connectivity index (χ3n) is 5.15. The maximum Gasteiger partial charge on any atom is 0.265 e. The summed E-state index contributed by atoms with van der Waals surface area (Å²) in [7, 11) is -4.37. The first kappa shape index (κ1) is 24.1. The van der Waals surface area contributed by atoms with E-state index in [1.54, 1.807) is 18.2 Å². The van der Waals surface area contributed by atoms with Gasteiger partial charge in [-0.1, -0.05) is 29.3 Å². The third-order valence-corrected chi connectivity index (χ3v) is 7.54. The van der Waals surface area contributed by atoms with Gasteiger partial charge in [0, 0.05) is 16.6 Å². The third kappa shape index (κ3) is 4.91. The summed E-state index contributed by atoms with van der Waals surface area (Å²) in [6.45, 7) is 1.57. The molecule has 178 valence electrons. The Morgan fingerprint density at radius 2 is 1.71 bits per heavy atom. The molecule has 1 N–H and O–H groups in total. The van der Waals surface area contributed by atoms with E-state index in [-0.39, 0.29) is 28.9 Å². The summed E-state index contributed by atoms with van der Waals surface area (Å²) in [4.78, 5) is 12.9. The summed E-state index contributed by atoms with van der Waals surface area (Å²) in [6, 6.07) is 12.7. The number of benzene rings is 3. The van der Waals surface area contributed by atoms with E-state index in [0.29, 0.717) is 26.4 Å². The highest BCUT2D eigenvalue weighted by Crippen LogP contribution is 2.33. The zero-order chi connectivity index (χ0) is 24.5. The molecule has 1 aliphatic rings. The summed E-state index contributed by atoms with van der Waals surface area (Å²) in [5.74, 6) is -0.347. The normalized spacial score (nSPS) is 13.4. The van der Waals surface area contributed by atoms with E-state index >= 15 is 0 Å². The Morgan fingerprint density at radius 1 is 1.03 bits per heavy atom. The number of nitrogens with zero attached hydrogens (tertiary/aromatic N) is 1. The Labute approximate surface area is 206 Å². The minimum atomic E-state index is -4.37. The van der Waals surface area contributed by atoms with Crippen LogP contribution < -0.4 is 19.1 Å². The van der Waals surface area contributed by atoms with Crippen molar-refractivity contribution in [3.63, 3.8) is 0 Å². The molecular formula is C23H19Cl2FN2O5S. The molecule has 1 aliphatic heterocycles. The smallest absolute Gasteiger partial charge is 0.265 e. The number of carbonyl (C=O) groups excluding carboxylic acids is 1. The molecule has 0 bridgehead atoms. The second-order valence-electron chi connectivity index (χ2n) is 7.43. The van der Waals surface area contributed by atoms with Gasteiger partial charge in [-0.3, -0.25) is 9.10 Å². The molecule has 3 aromatic carbocycles. The monoisotopic (exact) mass is 524 g/mol. The summed E-state index contributed by atoms with van der Waals surface area (Å²) in [5, 5.41) is 3.13. The van der Waals surface area contributed by atoms with Crippen LogP contribution in [-0.4, -0.2) is 27.2 Å². The van der Waals surface area contributed by atoms with Crippen molar-refractivity contribution in [2.45, 2.75) is 24.4 Å². The molecule has 0 radical (unpaired) electrons. The fourth-order valence-electron chi connectivity index (χ4n) is 3.42. The first-order valence-corrected chi connectivity index (χ1v) is 12.3. The van der Waals surface area contributed by atoms with Crippen LogP contribution in [0.5, 0.6) is 11.5 Å². The molecule has 11 heteroatoms. The first-order valence-electron chi connectivity index (χ1n) is 10.1. The molecule has 3 aromatic rings. The number of ether oxygens (including phenoxy) is 2. The molecule has 4 rings (SSSR count). The van der Waals surface area contributed by atoms with Crippen LogP contribution in [-0.2, 0) is 21.4 Å². The molecule has 1 heterocycles. The molecular weight excluding hydrogens is 506 g/mol. The van der Waals surface area contributed by atoms with Crippen molar-refractivity contribution in [2.24, 2.45) is 0 Å². The van der Waals surface area contributed by atoms with Gasteiger partial charge in [-0.05, 0) is 67.1 Å². The fourth-order valence-corrected chi connectivity index (χ4v) is 5.33. The van der Waals surface area contributed by atoms with Gasteiger partial charge in [-0.2, -0.15) is 0 Å². The molecule has 0 saturated heterocycles. The van der Waals surface area contributed by atoms with Crippen LogP contribution in [0.25, 0.3) is 0 Å². The zero-order valence-corrected chi connectivity index (χ0v) is 20.1. The lowest BCUT2D eigenvalue weighted by Gasteiger charge is -2.30. The Morgan fingerprint density at radius 3 is 2.44 bits per heavy atom. The molecule has 34 heavy (non-hydrogen) atoms. The molecule has 0 aromatic heterocycles. The largest absolute Gasteiger partial charge is 0.454 e. The topological polar surface area (TPSA) is 84.9 Å². The number of anilines is 1. The maximum absolute atomic E-state index is 14.8. The van der Waals surface area contributed by atoms with Crippen LogP contribution in [0.3, 0.4) is 0 Å². The van der Waals surface area contributed by atoms with E-state index in [4.69, 9.17) is 32.7 Å². The quantitative estimate of drug-likeness (QED) is 0.481. The second-order valence-corrected chi connectivity index (χ2v) is 10.1. The van der Waals surface area contributed by atoms with E-state index in [1.165, 1.54) is 37.3 Å². The van der Waals surface area contributed by atoms with Crippen molar-refractivity contribution >= 4 is 44.8 Å². The molecule has 0 spiro atoms. The van der Waals surface area contributed by atoms with E-state index in [2.05, 4.69) is 5.32 Å². The number of carbonyl (C=O) groups is 1. The second kappa shape index (κ2) is 9.69. The number of amides is 1. The van der Waals surface area contributed by atoms with Gasteiger partial charge in [-0.25, -0.2) is 12.8 Å². The van der Waals surface area contributed by atoms with Crippen LogP contribution >= 0.6 is 23.2 Å². The highest BCUT2D eigenvalue weighted by molar-refractivity contribution is 7.93. The van der Waals surface area contributed by atoms with Gasteiger partial charge in [-0.15, -0.1) is 0 Å². The lowest BCUT2D eigenvalue weighted by molar-refractivity contribution is -0.122. The molecule has 0 unspecified atom stereocenters. The Balaban J connectivity index is 1.64. The van der Waals surface area contributed by atoms with Crippen molar-refractivity contribution in [2.75, 3.05) is 11.1 Å². The van der Waals surface area contributed by atoms with E-state index in [1.807, 2.05) is 0 Å². The average molecular weight is 525 g/mol. The average Bonchev–Trinajstić information content (AvgIpc) is 3.28. The van der Waals surface area contributed by atoms with Crippen molar-refractivity contribution in [1.82, 2.24) is 5.32 Å². The first-order chi connectivity index (χ1) is 16.2. The number of hydrogen-bond donors (Lipinski definition) is 1. The summed E-state index contributed by atoms with van der Waals surface area (Å²) in [5.41, 5.74) is 0.360. The minimum Gasteiger partial charge on any atom is -0.454 e. The maximum atomic E-state index is 14.8. The zero-order valence-electron chi connectivity index (χ0n) is 17.8. The van der Waals surface area contributed by atoms with Gasteiger partial charge in [0.25, 0.3) is 10.0 Å². The van der Waals surface area contributed by atoms with Crippen molar-refractivity contribution in [3.05, 3.63) is 82.1 Å². The number of hydrogen-bond acceptors (Lipinski definition) is 5. The lowest BCUT2D eigenvalue weighted by Crippen LogP contribution is -2.48. The highest BCUT2D eigenvalue weighted by atomic mass is 35.5. The van der Waals surface area contributed by atoms with Crippen LogP contribution in [0, 0.1) is 5.82 Å². The van der Waals surface area contributed by atoms with Crippen LogP contribution in [0.1, 0.15) is 12.5 Å². The predicted molar refractivity (Wildman–Crippen MR) is 126 cm³/mol. The van der Waals surface area contributed by atoms with Crippen LogP contribution in [0.2, 0.25) is 10.0 Å².